The van der Waals surface area contributed by atoms with Gasteiger partial charge in [-0.15, -0.1) is 0 Å². The normalized spacial score (nSPS) is 11.6. The van der Waals surface area contributed by atoms with Gasteiger partial charge < -0.3 is 19.6 Å². The van der Waals surface area contributed by atoms with Gasteiger partial charge in [-0.1, -0.05) is 12.1 Å². The van der Waals surface area contributed by atoms with E-state index in [1.807, 2.05) is 6.07 Å². The SMILES string of the molecule is COc1ccc(-c2cn3cc(-c4cccc(C(F)(F)F)c4)nc(N)c3n2)cc1OC. The van der Waals surface area contributed by atoms with E-state index in [-0.39, 0.29) is 5.82 Å². The van der Waals surface area contributed by atoms with Crippen LogP contribution in [0, 0.1) is 0 Å². The van der Waals surface area contributed by atoms with Gasteiger partial charge in [0.1, 0.15) is 0 Å². The fourth-order valence-electron chi connectivity index (χ4n) is 3.15. The summed E-state index contributed by atoms with van der Waals surface area (Å²) in [4.78, 5) is 8.75. The molecule has 4 aromatic rings. The largest absolute Gasteiger partial charge is 0.493 e. The fraction of sp³-hybridized carbons (Fsp3) is 0.143. The van der Waals surface area contributed by atoms with Crippen molar-refractivity contribution in [2.24, 2.45) is 0 Å². The van der Waals surface area contributed by atoms with Gasteiger partial charge in [0, 0.05) is 23.5 Å². The minimum Gasteiger partial charge on any atom is -0.493 e. The van der Waals surface area contributed by atoms with E-state index in [0.29, 0.717) is 34.1 Å². The number of anilines is 1. The number of nitrogen functional groups attached to an aromatic ring is 1. The molecule has 0 atom stereocenters. The Morgan fingerprint density at radius 3 is 2.20 bits per heavy atom. The van der Waals surface area contributed by atoms with Gasteiger partial charge in [-0.2, -0.15) is 13.2 Å². The van der Waals surface area contributed by atoms with Crippen LogP contribution >= 0.6 is 0 Å². The minimum atomic E-state index is -4.44. The highest BCUT2D eigenvalue weighted by atomic mass is 19.4. The summed E-state index contributed by atoms with van der Waals surface area (Å²) < 4.78 is 51.3. The number of methoxy groups -OCH3 is 2. The maximum Gasteiger partial charge on any atom is 0.416 e. The van der Waals surface area contributed by atoms with Crippen LogP contribution < -0.4 is 15.2 Å². The van der Waals surface area contributed by atoms with Gasteiger partial charge in [0.05, 0.1) is 31.2 Å². The molecule has 0 fully saturated rings. The van der Waals surface area contributed by atoms with Crippen molar-refractivity contribution in [3.05, 3.63) is 60.4 Å². The van der Waals surface area contributed by atoms with E-state index in [2.05, 4.69) is 9.97 Å². The lowest BCUT2D eigenvalue weighted by atomic mass is 10.1. The molecule has 0 bridgehead atoms. The van der Waals surface area contributed by atoms with Crippen LogP contribution in [0.2, 0.25) is 0 Å². The number of hydrogen-bond acceptors (Lipinski definition) is 5. The van der Waals surface area contributed by atoms with E-state index < -0.39 is 11.7 Å². The Morgan fingerprint density at radius 1 is 0.867 bits per heavy atom. The number of rotatable bonds is 4. The number of nitrogens with two attached hydrogens (primary N) is 1. The Kier molecular flexibility index (Phi) is 4.73. The van der Waals surface area contributed by atoms with Crippen LogP contribution in [-0.2, 0) is 6.18 Å². The first kappa shape index (κ1) is 19.6. The number of imidazole rings is 1. The fourth-order valence-corrected chi connectivity index (χ4v) is 3.15. The third-order valence-corrected chi connectivity index (χ3v) is 4.63. The molecule has 154 valence electrons. The van der Waals surface area contributed by atoms with E-state index in [0.717, 1.165) is 17.7 Å². The Balaban J connectivity index is 1.79. The molecule has 0 aliphatic rings. The highest BCUT2D eigenvalue weighted by Crippen LogP contribution is 2.34. The molecule has 9 heteroatoms. The topological polar surface area (TPSA) is 74.7 Å². The summed E-state index contributed by atoms with van der Waals surface area (Å²) in [5.74, 6) is 1.23. The van der Waals surface area contributed by atoms with Crippen LogP contribution in [0.15, 0.2) is 54.9 Å². The summed E-state index contributed by atoms with van der Waals surface area (Å²) in [7, 11) is 3.08. The zero-order valence-electron chi connectivity index (χ0n) is 16.1. The maximum atomic E-state index is 13.0. The van der Waals surface area contributed by atoms with Crippen LogP contribution in [0.4, 0.5) is 19.0 Å². The number of hydrogen-bond donors (Lipinski definition) is 1. The second-order valence-electron chi connectivity index (χ2n) is 6.52. The number of fused-ring (bicyclic) bond motifs is 1. The molecule has 30 heavy (non-hydrogen) atoms. The molecule has 0 saturated carbocycles. The third-order valence-electron chi connectivity index (χ3n) is 4.63. The van der Waals surface area contributed by atoms with E-state index >= 15 is 0 Å². The minimum absolute atomic E-state index is 0.108. The van der Waals surface area contributed by atoms with Crippen LogP contribution in [0.25, 0.3) is 28.2 Å². The molecule has 0 spiro atoms. The lowest BCUT2D eigenvalue weighted by Crippen LogP contribution is -2.05. The number of halogens is 3. The molecule has 2 aromatic heterocycles. The highest BCUT2D eigenvalue weighted by Gasteiger charge is 2.30. The monoisotopic (exact) mass is 414 g/mol. The van der Waals surface area contributed by atoms with Crippen LogP contribution in [0.3, 0.4) is 0 Å². The summed E-state index contributed by atoms with van der Waals surface area (Å²) in [5.41, 5.74) is 7.67. The van der Waals surface area contributed by atoms with Crippen molar-refractivity contribution in [2.45, 2.75) is 6.18 Å². The zero-order valence-corrected chi connectivity index (χ0v) is 16.1. The highest BCUT2D eigenvalue weighted by molar-refractivity contribution is 5.73. The zero-order chi connectivity index (χ0) is 21.5. The lowest BCUT2D eigenvalue weighted by molar-refractivity contribution is -0.137. The summed E-state index contributed by atoms with van der Waals surface area (Å²) >= 11 is 0. The molecule has 2 heterocycles. The molecular weight excluding hydrogens is 397 g/mol. The average Bonchev–Trinajstić information content (AvgIpc) is 3.17. The average molecular weight is 414 g/mol. The number of alkyl halides is 3. The maximum absolute atomic E-state index is 13.0. The Hall–Kier alpha value is -3.75. The third kappa shape index (κ3) is 3.49. The first-order valence-corrected chi connectivity index (χ1v) is 8.85. The smallest absolute Gasteiger partial charge is 0.416 e. The van der Waals surface area contributed by atoms with Gasteiger partial charge in [-0.25, -0.2) is 9.97 Å². The van der Waals surface area contributed by atoms with Gasteiger partial charge in [0.15, 0.2) is 23.0 Å². The molecule has 0 radical (unpaired) electrons. The van der Waals surface area contributed by atoms with Crippen molar-refractivity contribution in [2.75, 3.05) is 20.0 Å². The van der Waals surface area contributed by atoms with E-state index in [9.17, 15) is 13.2 Å². The molecule has 4 rings (SSSR count). The second-order valence-corrected chi connectivity index (χ2v) is 6.52. The van der Waals surface area contributed by atoms with Crippen molar-refractivity contribution < 1.29 is 22.6 Å². The predicted octanol–water partition coefficient (Wildman–Crippen LogP) is 4.68. The van der Waals surface area contributed by atoms with Gasteiger partial charge in [-0.3, -0.25) is 0 Å². The second kappa shape index (κ2) is 7.25. The van der Waals surface area contributed by atoms with E-state index in [1.165, 1.54) is 13.2 Å². The summed E-state index contributed by atoms with van der Waals surface area (Å²) in [5, 5.41) is 0. The molecule has 0 saturated heterocycles. The molecular formula is C21H17F3N4O2. The molecule has 2 N–H and O–H groups in total. The van der Waals surface area contributed by atoms with E-state index in [1.54, 1.807) is 42.1 Å². The van der Waals surface area contributed by atoms with Crippen LogP contribution in [0.1, 0.15) is 5.56 Å². The molecule has 0 amide bonds. The Morgan fingerprint density at radius 2 is 1.53 bits per heavy atom. The van der Waals surface area contributed by atoms with Crippen molar-refractivity contribution in [3.63, 3.8) is 0 Å². The molecule has 6 nitrogen and oxygen atoms in total. The first-order chi connectivity index (χ1) is 14.3. The number of ether oxygens (including phenoxy) is 2. The summed E-state index contributed by atoms with van der Waals surface area (Å²) in [6, 6.07) is 10.3. The van der Waals surface area contributed by atoms with Crippen molar-refractivity contribution in [1.82, 2.24) is 14.4 Å². The van der Waals surface area contributed by atoms with Crippen molar-refractivity contribution >= 4 is 11.5 Å². The standard InChI is InChI=1S/C21H17F3N4O2/c1-29-17-7-6-13(9-18(17)30-2)16-11-28-10-15(26-19(25)20(28)27-16)12-4-3-5-14(8-12)21(22,23)24/h3-11H,1-2H3,(H2,25,26). The van der Waals surface area contributed by atoms with Gasteiger partial charge >= 0.3 is 6.18 Å². The molecule has 0 aliphatic heterocycles. The Labute approximate surface area is 169 Å². The first-order valence-electron chi connectivity index (χ1n) is 8.85. The van der Waals surface area contributed by atoms with Crippen molar-refractivity contribution in [3.8, 4) is 34.0 Å². The summed E-state index contributed by atoms with van der Waals surface area (Å²) in [6.45, 7) is 0. The quantitative estimate of drug-likeness (QED) is 0.525. The van der Waals surface area contributed by atoms with Crippen LogP contribution in [0.5, 0.6) is 11.5 Å². The lowest BCUT2D eigenvalue weighted by Gasteiger charge is -2.09. The van der Waals surface area contributed by atoms with Crippen molar-refractivity contribution in [1.29, 1.82) is 0 Å². The molecule has 2 aromatic carbocycles. The van der Waals surface area contributed by atoms with Gasteiger partial charge in [0.2, 0.25) is 0 Å². The number of nitrogens with zero attached hydrogens (tertiary/aromatic N) is 3. The molecule has 0 aliphatic carbocycles. The Bertz CT molecular complexity index is 1230. The predicted molar refractivity (Wildman–Crippen MR) is 106 cm³/mol. The van der Waals surface area contributed by atoms with Gasteiger partial charge in [0.25, 0.3) is 0 Å². The van der Waals surface area contributed by atoms with Gasteiger partial charge in [-0.05, 0) is 30.3 Å². The summed E-state index contributed by atoms with van der Waals surface area (Å²) in [6.07, 6.45) is -1.12. The number of benzene rings is 2. The molecule has 0 unspecified atom stereocenters. The van der Waals surface area contributed by atoms with E-state index in [4.69, 9.17) is 15.2 Å². The van der Waals surface area contributed by atoms with Crippen LogP contribution in [-0.4, -0.2) is 28.6 Å². The number of aromatic nitrogens is 3.